The van der Waals surface area contributed by atoms with Gasteiger partial charge in [0.05, 0.1) is 16.7 Å². The van der Waals surface area contributed by atoms with E-state index >= 15 is 0 Å². The Bertz CT molecular complexity index is 425. The average molecular weight is 279 g/mol. The van der Waals surface area contributed by atoms with Gasteiger partial charge in [0, 0.05) is 0 Å². The van der Waals surface area contributed by atoms with Crippen molar-refractivity contribution in [1.82, 2.24) is 0 Å². The van der Waals surface area contributed by atoms with Crippen LogP contribution in [0.15, 0.2) is 18.2 Å². The van der Waals surface area contributed by atoms with E-state index in [1.165, 1.54) is 12.1 Å². The van der Waals surface area contributed by atoms with Gasteiger partial charge >= 0.3 is 6.18 Å². The molecule has 5 heteroatoms. The van der Waals surface area contributed by atoms with Crippen molar-refractivity contribution in [3.63, 3.8) is 0 Å². The minimum absolute atomic E-state index is 0.0194. The second-order valence-corrected chi connectivity index (χ2v) is 5.07. The summed E-state index contributed by atoms with van der Waals surface area (Å²) in [7, 11) is 0. The maximum absolute atomic E-state index is 12.7. The maximum atomic E-state index is 12.7. The highest BCUT2D eigenvalue weighted by atomic mass is 35.5. The predicted octanol–water partition coefficient (Wildman–Crippen LogP) is 4.58. The zero-order chi connectivity index (χ0) is 13.3. The number of alkyl halides is 3. The molecule has 1 N–H and O–H groups in total. The first-order valence-electron chi connectivity index (χ1n) is 5.95. The van der Waals surface area contributed by atoms with Gasteiger partial charge in [-0.25, -0.2) is 0 Å². The Morgan fingerprint density at radius 1 is 1.22 bits per heavy atom. The molecule has 0 saturated heterocycles. The zero-order valence-corrected chi connectivity index (χ0v) is 10.4. The van der Waals surface area contributed by atoms with Crippen molar-refractivity contribution in [2.45, 2.75) is 38.0 Å². The largest absolute Gasteiger partial charge is 0.417 e. The van der Waals surface area contributed by atoms with Crippen LogP contribution < -0.4 is 0 Å². The van der Waals surface area contributed by atoms with Gasteiger partial charge in [-0.1, -0.05) is 36.6 Å². The summed E-state index contributed by atoms with van der Waals surface area (Å²) in [5.41, 5.74) is -0.683. The summed E-state index contributed by atoms with van der Waals surface area (Å²) >= 11 is 5.79. The van der Waals surface area contributed by atoms with Crippen LogP contribution in [-0.4, -0.2) is 5.11 Å². The van der Waals surface area contributed by atoms with Crippen LogP contribution in [0.2, 0.25) is 5.02 Å². The standard InChI is InChI=1S/C13H14ClF3O/c14-11-9(12(18)8-4-1-2-5-8)6-3-7-10(11)13(15,16)17/h3,6-8,12,18H,1-2,4-5H2. The van der Waals surface area contributed by atoms with Crippen molar-refractivity contribution in [1.29, 1.82) is 0 Å². The smallest absolute Gasteiger partial charge is 0.388 e. The Balaban J connectivity index is 2.33. The van der Waals surface area contributed by atoms with E-state index in [4.69, 9.17) is 11.6 Å². The lowest BCUT2D eigenvalue weighted by molar-refractivity contribution is -0.137. The Hall–Kier alpha value is -0.740. The number of hydrogen-bond donors (Lipinski definition) is 1. The molecule has 1 saturated carbocycles. The first kappa shape index (κ1) is 13.7. The highest BCUT2D eigenvalue weighted by molar-refractivity contribution is 6.32. The van der Waals surface area contributed by atoms with Gasteiger partial charge in [-0.3, -0.25) is 0 Å². The summed E-state index contributed by atoms with van der Waals surface area (Å²) in [6, 6.07) is 3.70. The fraction of sp³-hybridized carbons (Fsp3) is 0.538. The highest BCUT2D eigenvalue weighted by Crippen LogP contribution is 2.42. The highest BCUT2D eigenvalue weighted by Gasteiger charge is 2.35. The molecule has 0 radical (unpaired) electrons. The molecule has 100 valence electrons. The third-order valence-electron chi connectivity index (χ3n) is 3.50. The minimum Gasteiger partial charge on any atom is -0.388 e. The van der Waals surface area contributed by atoms with Crippen LogP contribution in [0.3, 0.4) is 0 Å². The Morgan fingerprint density at radius 3 is 2.39 bits per heavy atom. The molecule has 1 aromatic carbocycles. The predicted molar refractivity (Wildman–Crippen MR) is 63.4 cm³/mol. The molecule has 0 heterocycles. The second kappa shape index (κ2) is 5.10. The Kier molecular flexibility index (Phi) is 3.87. The monoisotopic (exact) mass is 278 g/mol. The summed E-state index contributed by atoms with van der Waals surface area (Å²) in [5.74, 6) is 0.0194. The Morgan fingerprint density at radius 2 is 1.83 bits per heavy atom. The number of halogens is 4. The zero-order valence-electron chi connectivity index (χ0n) is 9.67. The summed E-state index contributed by atoms with van der Waals surface area (Å²) in [6.45, 7) is 0. The first-order chi connectivity index (χ1) is 8.41. The first-order valence-corrected chi connectivity index (χ1v) is 6.32. The van der Waals surface area contributed by atoms with Crippen LogP contribution >= 0.6 is 11.6 Å². The number of hydrogen-bond acceptors (Lipinski definition) is 1. The number of benzene rings is 1. The van der Waals surface area contributed by atoms with Gasteiger partial charge < -0.3 is 5.11 Å². The molecule has 0 aliphatic heterocycles. The molecule has 0 amide bonds. The normalized spacial score (nSPS) is 19.2. The van der Waals surface area contributed by atoms with E-state index in [1.807, 2.05) is 0 Å². The fourth-order valence-electron chi connectivity index (χ4n) is 2.52. The van der Waals surface area contributed by atoms with Gasteiger partial charge in [0.25, 0.3) is 0 Å². The average Bonchev–Trinajstić information content (AvgIpc) is 2.80. The molecule has 1 aliphatic rings. The van der Waals surface area contributed by atoms with Crippen molar-refractivity contribution in [3.8, 4) is 0 Å². The van der Waals surface area contributed by atoms with Gasteiger partial charge in [0.1, 0.15) is 0 Å². The van der Waals surface area contributed by atoms with Gasteiger partial charge in [0.2, 0.25) is 0 Å². The van der Waals surface area contributed by atoms with E-state index in [0.717, 1.165) is 31.7 Å². The summed E-state index contributed by atoms with van der Waals surface area (Å²) in [5, 5.41) is 9.77. The van der Waals surface area contributed by atoms with Crippen LogP contribution in [-0.2, 0) is 6.18 Å². The van der Waals surface area contributed by atoms with Crippen LogP contribution in [0.5, 0.6) is 0 Å². The van der Waals surface area contributed by atoms with Crippen LogP contribution in [0.4, 0.5) is 13.2 Å². The lowest BCUT2D eigenvalue weighted by Crippen LogP contribution is -2.13. The molecule has 2 rings (SSSR count). The molecule has 1 nitrogen and oxygen atoms in total. The molecule has 1 aliphatic carbocycles. The topological polar surface area (TPSA) is 20.2 Å². The lowest BCUT2D eigenvalue weighted by atomic mass is 9.93. The second-order valence-electron chi connectivity index (χ2n) is 4.70. The van der Waals surface area contributed by atoms with Crippen molar-refractivity contribution < 1.29 is 18.3 Å². The molecule has 1 unspecified atom stereocenters. The van der Waals surface area contributed by atoms with Gasteiger partial charge in [-0.05, 0) is 30.4 Å². The van der Waals surface area contributed by atoms with Crippen molar-refractivity contribution in [2.75, 3.05) is 0 Å². The van der Waals surface area contributed by atoms with Gasteiger partial charge in [0.15, 0.2) is 0 Å². The van der Waals surface area contributed by atoms with E-state index in [9.17, 15) is 18.3 Å². The molecule has 18 heavy (non-hydrogen) atoms. The van der Waals surface area contributed by atoms with Crippen LogP contribution in [0.1, 0.15) is 42.9 Å². The summed E-state index contributed by atoms with van der Waals surface area (Å²) in [4.78, 5) is 0. The van der Waals surface area contributed by atoms with Crippen LogP contribution in [0.25, 0.3) is 0 Å². The quantitative estimate of drug-likeness (QED) is 0.839. The Labute approximate surface area is 109 Å². The third-order valence-corrected chi connectivity index (χ3v) is 3.92. The van der Waals surface area contributed by atoms with E-state index in [1.54, 1.807) is 0 Å². The SMILES string of the molecule is OC(c1cccc(C(F)(F)F)c1Cl)C1CCCC1. The van der Waals surface area contributed by atoms with Crippen molar-refractivity contribution in [2.24, 2.45) is 5.92 Å². The number of aliphatic hydroxyl groups is 1. The molecule has 0 spiro atoms. The minimum atomic E-state index is -4.48. The molecular formula is C13H14ClF3O. The molecule has 1 atom stereocenters. The van der Waals surface area contributed by atoms with E-state index < -0.39 is 17.8 Å². The van der Waals surface area contributed by atoms with Crippen LogP contribution in [0, 0.1) is 5.92 Å². The maximum Gasteiger partial charge on any atom is 0.417 e. The van der Waals surface area contributed by atoms with Gasteiger partial charge in [-0.15, -0.1) is 0 Å². The molecule has 1 fully saturated rings. The van der Waals surface area contributed by atoms with E-state index in [-0.39, 0.29) is 16.5 Å². The molecule has 0 bridgehead atoms. The van der Waals surface area contributed by atoms with E-state index in [2.05, 4.69) is 0 Å². The summed E-state index contributed by atoms with van der Waals surface area (Å²) < 4.78 is 38.1. The molecule has 1 aromatic rings. The summed E-state index contributed by atoms with van der Waals surface area (Å²) in [6.07, 6.45) is -1.68. The van der Waals surface area contributed by atoms with Gasteiger partial charge in [-0.2, -0.15) is 13.2 Å². The third kappa shape index (κ3) is 2.64. The molecular weight excluding hydrogens is 265 g/mol. The number of aliphatic hydroxyl groups excluding tert-OH is 1. The molecule has 0 aromatic heterocycles. The van der Waals surface area contributed by atoms with Crippen molar-refractivity contribution in [3.05, 3.63) is 34.3 Å². The fourth-order valence-corrected chi connectivity index (χ4v) is 2.87. The lowest BCUT2D eigenvalue weighted by Gasteiger charge is -2.21. The van der Waals surface area contributed by atoms with Crippen molar-refractivity contribution >= 4 is 11.6 Å². The van der Waals surface area contributed by atoms with E-state index in [0.29, 0.717) is 0 Å². The number of rotatable bonds is 2.